The molecule has 0 saturated heterocycles. The fraction of sp³-hybridized carbons (Fsp3) is 0. The number of hydrogen-bond acceptors (Lipinski definition) is 5. The second kappa shape index (κ2) is 6.88. The summed E-state index contributed by atoms with van der Waals surface area (Å²) in [4.78, 5) is 36.5. The highest BCUT2D eigenvalue weighted by Crippen LogP contribution is 2.13. The van der Waals surface area contributed by atoms with Crippen molar-refractivity contribution in [3.05, 3.63) is 81.4 Å². The first-order valence-electron chi connectivity index (χ1n) is 6.31. The minimum Gasteiger partial charge on any atom is -0.380 e. The lowest BCUT2D eigenvalue weighted by atomic mass is 10.1. The van der Waals surface area contributed by atoms with Crippen LogP contribution in [0.15, 0.2) is 54.6 Å². The molecule has 114 valence electrons. The van der Waals surface area contributed by atoms with E-state index in [1.54, 1.807) is 18.2 Å². The molecule has 0 amide bonds. The summed E-state index contributed by atoms with van der Waals surface area (Å²) in [7, 11) is 0. The fourth-order valence-corrected chi connectivity index (χ4v) is 1.72. The van der Waals surface area contributed by atoms with Gasteiger partial charge in [0.05, 0.1) is 16.1 Å². The van der Waals surface area contributed by atoms with E-state index in [0.29, 0.717) is 0 Å². The summed E-state index contributed by atoms with van der Waals surface area (Å²) in [6.45, 7) is 0. The van der Waals surface area contributed by atoms with Gasteiger partial charge in [0.2, 0.25) is 0 Å². The van der Waals surface area contributed by atoms with Crippen molar-refractivity contribution in [1.29, 1.82) is 0 Å². The number of esters is 2. The monoisotopic (exact) mass is 311 g/mol. The molecule has 2 aromatic rings. The van der Waals surface area contributed by atoms with Crippen molar-refractivity contribution in [3.8, 4) is 0 Å². The number of nitro groups is 1. The molecule has 0 saturated carbocycles. The van der Waals surface area contributed by atoms with Gasteiger partial charge in [-0.05, 0) is 24.3 Å². The smallest absolute Gasteiger partial charge is 0.380 e. The highest BCUT2D eigenvalue weighted by molar-refractivity contribution is 6.42. The number of hydrogen-bond donors (Lipinski definition) is 0. The SMILES string of the molecule is [N-]=[N+]=C(C(=O)OC(=O)c1ccccc1)c1ccc([N+](=O)[O-])cc1. The average Bonchev–Trinajstić information content (AvgIpc) is 2.56. The van der Waals surface area contributed by atoms with Gasteiger partial charge in [0, 0.05) is 12.1 Å². The molecule has 0 fully saturated rings. The number of carbonyl (C=O) groups is 2. The Morgan fingerprint density at radius 2 is 1.61 bits per heavy atom. The maximum Gasteiger partial charge on any atom is 0.430 e. The Kier molecular flexibility index (Phi) is 4.71. The molecule has 0 heterocycles. The molecule has 2 aromatic carbocycles. The second-order valence-electron chi connectivity index (χ2n) is 4.30. The Bertz CT molecular complexity index is 809. The third kappa shape index (κ3) is 3.72. The Morgan fingerprint density at radius 1 is 1.00 bits per heavy atom. The maximum atomic E-state index is 11.9. The second-order valence-corrected chi connectivity index (χ2v) is 4.30. The summed E-state index contributed by atoms with van der Waals surface area (Å²) in [5.41, 5.74) is 8.45. The van der Waals surface area contributed by atoms with E-state index in [2.05, 4.69) is 9.53 Å². The lowest BCUT2D eigenvalue weighted by Crippen LogP contribution is -2.23. The van der Waals surface area contributed by atoms with Crippen LogP contribution in [0.3, 0.4) is 0 Å². The normalized spacial score (nSPS) is 9.57. The van der Waals surface area contributed by atoms with Gasteiger partial charge in [-0.15, -0.1) is 0 Å². The first kappa shape index (κ1) is 15.7. The van der Waals surface area contributed by atoms with Crippen LogP contribution in [0, 0.1) is 10.1 Å². The molecule has 0 aliphatic rings. The van der Waals surface area contributed by atoms with Crippen LogP contribution >= 0.6 is 0 Å². The van der Waals surface area contributed by atoms with Gasteiger partial charge in [0.1, 0.15) is 0 Å². The first-order chi connectivity index (χ1) is 11.0. The minimum absolute atomic E-state index is 0.0731. The van der Waals surface area contributed by atoms with Crippen LogP contribution in [0.2, 0.25) is 0 Å². The number of ether oxygens (including phenoxy) is 1. The molecule has 8 nitrogen and oxygen atoms in total. The van der Waals surface area contributed by atoms with Gasteiger partial charge < -0.3 is 10.3 Å². The van der Waals surface area contributed by atoms with Crippen molar-refractivity contribution < 1.29 is 24.0 Å². The fourth-order valence-electron chi connectivity index (χ4n) is 1.72. The number of benzene rings is 2. The third-order valence-corrected chi connectivity index (χ3v) is 2.84. The van der Waals surface area contributed by atoms with Crippen LogP contribution in [0.4, 0.5) is 5.69 Å². The van der Waals surface area contributed by atoms with E-state index in [4.69, 9.17) is 5.53 Å². The van der Waals surface area contributed by atoms with E-state index in [1.807, 2.05) is 0 Å². The Balaban J connectivity index is 2.18. The maximum absolute atomic E-state index is 11.9. The predicted molar refractivity (Wildman–Crippen MR) is 77.7 cm³/mol. The van der Waals surface area contributed by atoms with Crippen LogP contribution in [-0.4, -0.2) is 27.4 Å². The zero-order valence-electron chi connectivity index (χ0n) is 11.6. The lowest BCUT2D eigenvalue weighted by Gasteiger charge is -2.00. The molecule has 8 heteroatoms. The topological polar surface area (TPSA) is 123 Å². The number of non-ortho nitro benzene ring substituents is 1. The summed E-state index contributed by atoms with van der Waals surface area (Å²) in [6.07, 6.45) is 0. The molecule has 0 aromatic heterocycles. The quantitative estimate of drug-likeness (QED) is 0.162. The van der Waals surface area contributed by atoms with Gasteiger partial charge in [-0.2, -0.15) is 4.79 Å². The van der Waals surface area contributed by atoms with E-state index in [9.17, 15) is 19.7 Å². The molecule has 0 unspecified atom stereocenters. The minimum atomic E-state index is -1.17. The molecule has 2 rings (SSSR count). The molecule has 0 bridgehead atoms. The number of rotatable bonds is 4. The molecule has 0 N–H and O–H groups in total. The van der Waals surface area contributed by atoms with Crippen molar-refractivity contribution in [2.45, 2.75) is 0 Å². The average molecular weight is 311 g/mol. The van der Waals surface area contributed by atoms with Crippen LogP contribution in [0.5, 0.6) is 0 Å². The molecule has 0 spiro atoms. The van der Waals surface area contributed by atoms with E-state index < -0.39 is 22.6 Å². The summed E-state index contributed by atoms with van der Waals surface area (Å²) >= 11 is 0. The predicted octanol–water partition coefficient (Wildman–Crippen LogP) is 2.00. The van der Waals surface area contributed by atoms with Gasteiger partial charge in [-0.25, -0.2) is 9.59 Å². The molecular formula is C15H9N3O5. The number of carbonyl (C=O) groups excluding carboxylic acids is 2. The standard InChI is InChI=1S/C15H9N3O5/c16-17-13(10-6-8-12(9-7-10)18(21)22)15(20)23-14(19)11-4-2-1-3-5-11/h1-9H. The van der Waals surface area contributed by atoms with Crippen molar-refractivity contribution in [3.63, 3.8) is 0 Å². The summed E-state index contributed by atoms with van der Waals surface area (Å²) in [6, 6.07) is 12.5. The van der Waals surface area contributed by atoms with Gasteiger partial charge in [-0.3, -0.25) is 10.1 Å². The first-order valence-corrected chi connectivity index (χ1v) is 6.31. The lowest BCUT2D eigenvalue weighted by molar-refractivity contribution is -0.384. The van der Waals surface area contributed by atoms with Crippen molar-refractivity contribution in [1.82, 2.24) is 0 Å². The molecule has 0 aliphatic carbocycles. The largest absolute Gasteiger partial charge is 0.430 e. The summed E-state index contributed by atoms with van der Waals surface area (Å²) in [5, 5.41) is 10.6. The third-order valence-electron chi connectivity index (χ3n) is 2.84. The molecule has 23 heavy (non-hydrogen) atoms. The van der Waals surface area contributed by atoms with E-state index in [-0.39, 0.29) is 16.8 Å². The Morgan fingerprint density at radius 3 is 2.13 bits per heavy atom. The number of nitro benzene ring substituents is 1. The van der Waals surface area contributed by atoms with Crippen LogP contribution in [-0.2, 0) is 9.53 Å². The van der Waals surface area contributed by atoms with E-state index in [1.165, 1.54) is 24.3 Å². The van der Waals surface area contributed by atoms with E-state index >= 15 is 0 Å². The summed E-state index contributed by atoms with van der Waals surface area (Å²) in [5.74, 6) is -2.08. The molecule has 0 radical (unpaired) electrons. The van der Waals surface area contributed by atoms with Crippen molar-refractivity contribution >= 4 is 23.3 Å². The molecule has 0 atom stereocenters. The van der Waals surface area contributed by atoms with Crippen molar-refractivity contribution in [2.75, 3.05) is 0 Å². The van der Waals surface area contributed by atoms with Gasteiger partial charge >= 0.3 is 17.7 Å². The van der Waals surface area contributed by atoms with Crippen LogP contribution in [0.1, 0.15) is 15.9 Å². The van der Waals surface area contributed by atoms with Crippen molar-refractivity contribution in [2.24, 2.45) is 0 Å². The Labute approximate surface area is 129 Å². The highest BCUT2D eigenvalue weighted by Gasteiger charge is 2.28. The van der Waals surface area contributed by atoms with Crippen LogP contribution in [0.25, 0.3) is 5.53 Å². The van der Waals surface area contributed by atoms with Crippen LogP contribution < -0.4 is 0 Å². The zero-order valence-corrected chi connectivity index (χ0v) is 11.6. The molecular weight excluding hydrogens is 302 g/mol. The zero-order chi connectivity index (χ0) is 16.8. The number of nitrogens with zero attached hydrogens (tertiary/aromatic N) is 3. The summed E-state index contributed by atoms with van der Waals surface area (Å²) < 4.78 is 4.62. The highest BCUT2D eigenvalue weighted by atomic mass is 16.6. The van der Waals surface area contributed by atoms with Gasteiger partial charge in [-0.1, -0.05) is 18.2 Å². The van der Waals surface area contributed by atoms with E-state index in [0.717, 1.165) is 12.1 Å². The Hall–Kier alpha value is -3.64. The van der Waals surface area contributed by atoms with Gasteiger partial charge in [0.15, 0.2) is 0 Å². The molecule has 0 aliphatic heterocycles. The van der Waals surface area contributed by atoms with Gasteiger partial charge in [0.25, 0.3) is 5.69 Å².